The summed E-state index contributed by atoms with van der Waals surface area (Å²) in [6.07, 6.45) is 2.99. The maximum absolute atomic E-state index is 12.1. The van der Waals surface area contributed by atoms with Gasteiger partial charge in [-0.15, -0.1) is 0 Å². The standard InChI is InChI=1S/C24H23N3O3/c1-14(18-12-23(28)27-13-18)30-22-11-17(10-21-20(22)3-2-7-25-21)15-4-5-19-16(9-15)6-8-26-24(19)29/h2-5,7,9-11,14,18H,6,8,12-13H2,1H3,(H,26,29)(H,27,28). The van der Waals surface area contributed by atoms with Crippen LogP contribution in [0, 0.1) is 5.92 Å². The zero-order chi connectivity index (χ0) is 20.7. The molecule has 2 aromatic carbocycles. The monoisotopic (exact) mass is 401 g/mol. The number of carbonyl (C=O) groups excluding carboxylic acids is 2. The Morgan fingerprint density at radius 1 is 1.10 bits per heavy atom. The summed E-state index contributed by atoms with van der Waals surface area (Å²) in [6, 6.07) is 13.9. The van der Waals surface area contributed by atoms with Crippen LogP contribution in [0.1, 0.15) is 29.3 Å². The van der Waals surface area contributed by atoms with Crippen LogP contribution in [0.15, 0.2) is 48.7 Å². The Bertz CT molecular complexity index is 1160. The van der Waals surface area contributed by atoms with E-state index < -0.39 is 0 Å². The molecule has 6 nitrogen and oxygen atoms in total. The van der Waals surface area contributed by atoms with E-state index in [1.807, 2.05) is 37.3 Å². The summed E-state index contributed by atoms with van der Waals surface area (Å²) in [5.74, 6) is 0.974. The fourth-order valence-electron chi connectivity index (χ4n) is 4.28. The molecular weight excluding hydrogens is 378 g/mol. The van der Waals surface area contributed by atoms with Crippen LogP contribution in [0.2, 0.25) is 0 Å². The molecule has 3 aromatic rings. The Hall–Kier alpha value is -3.41. The topological polar surface area (TPSA) is 80.3 Å². The van der Waals surface area contributed by atoms with Crippen LogP contribution in [0.3, 0.4) is 0 Å². The van der Waals surface area contributed by atoms with Crippen molar-refractivity contribution in [1.82, 2.24) is 15.6 Å². The second kappa shape index (κ2) is 7.44. The van der Waals surface area contributed by atoms with Gasteiger partial charge >= 0.3 is 0 Å². The minimum atomic E-state index is -0.102. The van der Waals surface area contributed by atoms with E-state index in [4.69, 9.17) is 4.74 Å². The molecule has 152 valence electrons. The fraction of sp³-hybridized carbons (Fsp3) is 0.292. The third kappa shape index (κ3) is 3.38. The minimum absolute atomic E-state index is 0.0134. The predicted octanol–water partition coefficient (Wildman–Crippen LogP) is 3.09. The number of nitrogens with one attached hydrogen (secondary N) is 2. The Kier molecular flexibility index (Phi) is 4.62. The number of benzene rings is 2. The van der Waals surface area contributed by atoms with Gasteiger partial charge in [-0.3, -0.25) is 14.6 Å². The van der Waals surface area contributed by atoms with Gasteiger partial charge in [-0.25, -0.2) is 0 Å². The summed E-state index contributed by atoms with van der Waals surface area (Å²) < 4.78 is 6.36. The highest BCUT2D eigenvalue weighted by Gasteiger charge is 2.28. The molecule has 3 heterocycles. The van der Waals surface area contributed by atoms with Crippen LogP contribution < -0.4 is 15.4 Å². The summed E-state index contributed by atoms with van der Waals surface area (Å²) in [6.45, 7) is 3.31. The molecule has 0 bridgehead atoms. The molecule has 30 heavy (non-hydrogen) atoms. The molecule has 2 amide bonds. The molecular formula is C24H23N3O3. The molecule has 0 saturated carbocycles. The van der Waals surface area contributed by atoms with Crippen molar-refractivity contribution < 1.29 is 14.3 Å². The first-order valence-electron chi connectivity index (χ1n) is 10.3. The SMILES string of the molecule is CC(Oc1cc(-c2ccc3c(c2)CCNC3=O)cc2ncccc12)C1CNC(=O)C1. The lowest BCUT2D eigenvalue weighted by Crippen LogP contribution is -2.31. The van der Waals surface area contributed by atoms with Crippen LogP contribution >= 0.6 is 0 Å². The summed E-state index contributed by atoms with van der Waals surface area (Å²) in [5.41, 5.74) is 4.69. The van der Waals surface area contributed by atoms with Gasteiger partial charge in [0.15, 0.2) is 0 Å². The van der Waals surface area contributed by atoms with Gasteiger partial charge in [0.05, 0.1) is 5.52 Å². The van der Waals surface area contributed by atoms with Crippen LogP contribution in [-0.4, -0.2) is 36.0 Å². The number of nitrogens with zero attached hydrogens (tertiary/aromatic N) is 1. The molecule has 6 heteroatoms. The lowest BCUT2D eigenvalue weighted by molar-refractivity contribution is -0.119. The van der Waals surface area contributed by atoms with Gasteiger partial charge in [0.1, 0.15) is 11.9 Å². The number of ether oxygens (including phenoxy) is 1. The van der Waals surface area contributed by atoms with Crippen LogP contribution in [0.25, 0.3) is 22.0 Å². The van der Waals surface area contributed by atoms with Gasteiger partial charge in [0, 0.05) is 42.6 Å². The fourth-order valence-corrected chi connectivity index (χ4v) is 4.28. The van der Waals surface area contributed by atoms with Crippen molar-refractivity contribution in [3.8, 4) is 16.9 Å². The number of aromatic nitrogens is 1. The summed E-state index contributed by atoms with van der Waals surface area (Å²) in [5, 5.41) is 6.71. The van der Waals surface area contributed by atoms with Crippen molar-refractivity contribution >= 4 is 22.7 Å². The average Bonchev–Trinajstić information content (AvgIpc) is 3.20. The van der Waals surface area contributed by atoms with Gasteiger partial charge in [-0.05, 0) is 60.4 Å². The molecule has 2 unspecified atom stereocenters. The second-order valence-electron chi connectivity index (χ2n) is 8.01. The number of rotatable bonds is 4. The molecule has 1 aromatic heterocycles. The van der Waals surface area contributed by atoms with E-state index >= 15 is 0 Å². The molecule has 1 fully saturated rings. The van der Waals surface area contributed by atoms with Gasteiger partial charge in [-0.1, -0.05) is 12.1 Å². The molecule has 1 saturated heterocycles. The molecule has 0 spiro atoms. The number of fused-ring (bicyclic) bond motifs is 2. The molecule has 2 atom stereocenters. The first-order valence-corrected chi connectivity index (χ1v) is 10.3. The lowest BCUT2D eigenvalue weighted by atomic mass is 9.94. The third-order valence-corrected chi connectivity index (χ3v) is 6.03. The zero-order valence-corrected chi connectivity index (χ0v) is 16.8. The molecule has 2 aliphatic heterocycles. The molecule has 2 N–H and O–H groups in total. The van der Waals surface area contributed by atoms with Gasteiger partial charge < -0.3 is 15.4 Å². The van der Waals surface area contributed by atoms with Gasteiger partial charge in [-0.2, -0.15) is 0 Å². The highest BCUT2D eigenvalue weighted by Crippen LogP contribution is 2.34. The van der Waals surface area contributed by atoms with Crippen LogP contribution in [-0.2, 0) is 11.2 Å². The highest BCUT2D eigenvalue weighted by molar-refractivity contribution is 5.97. The van der Waals surface area contributed by atoms with E-state index in [9.17, 15) is 9.59 Å². The van der Waals surface area contributed by atoms with Crippen molar-refractivity contribution in [1.29, 1.82) is 0 Å². The van der Waals surface area contributed by atoms with Gasteiger partial charge in [0.25, 0.3) is 5.91 Å². The summed E-state index contributed by atoms with van der Waals surface area (Å²) >= 11 is 0. The Morgan fingerprint density at radius 3 is 2.83 bits per heavy atom. The Morgan fingerprint density at radius 2 is 2.00 bits per heavy atom. The quantitative estimate of drug-likeness (QED) is 0.704. The Labute approximate surface area is 174 Å². The predicted molar refractivity (Wildman–Crippen MR) is 114 cm³/mol. The smallest absolute Gasteiger partial charge is 0.251 e. The molecule has 0 radical (unpaired) electrons. The van der Waals surface area contributed by atoms with Crippen molar-refractivity contribution in [3.05, 3.63) is 59.8 Å². The van der Waals surface area contributed by atoms with Crippen molar-refractivity contribution in [2.75, 3.05) is 13.1 Å². The number of hydrogen-bond acceptors (Lipinski definition) is 4. The van der Waals surface area contributed by atoms with E-state index in [1.54, 1.807) is 6.20 Å². The highest BCUT2D eigenvalue weighted by atomic mass is 16.5. The number of amides is 2. The number of carbonyl (C=O) groups is 2. The first-order chi connectivity index (χ1) is 14.6. The second-order valence-corrected chi connectivity index (χ2v) is 8.01. The van der Waals surface area contributed by atoms with Gasteiger partial charge in [0.2, 0.25) is 5.91 Å². The zero-order valence-electron chi connectivity index (χ0n) is 16.8. The molecule has 2 aliphatic rings. The summed E-state index contributed by atoms with van der Waals surface area (Å²) in [4.78, 5) is 28.2. The van der Waals surface area contributed by atoms with E-state index in [0.717, 1.165) is 45.3 Å². The molecule has 0 aliphatic carbocycles. The lowest BCUT2D eigenvalue weighted by Gasteiger charge is -2.21. The average molecular weight is 401 g/mol. The maximum Gasteiger partial charge on any atom is 0.251 e. The first kappa shape index (κ1) is 18.6. The normalized spacial score (nSPS) is 19.2. The maximum atomic E-state index is 12.1. The number of hydrogen-bond donors (Lipinski definition) is 2. The minimum Gasteiger partial charge on any atom is -0.490 e. The van der Waals surface area contributed by atoms with E-state index in [-0.39, 0.29) is 23.8 Å². The molecule has 5 rings (SSSR count). The van der Waals surface area contributed by atoms with E-state index in [1.165, 1.54) is 0 Å². The van der Waals surface area contributed by atoms with Crippen LogP contribution in [0.4, 0.5) is 0 Å². The van der Waals surface area contributed by atoms with Crippen molar-refractivity contribution in [2.45, 2.75) is 25.9 Å². The van der Waals surface area contributed by atoms with Crippen molar-refractivity contribution in [3.63, 3.8) is 0 Å². The third-order valence-electron chi connectivity index (χ3n) is 6.03. The van der Waals surface area contributed by atoms with E-state index in [0.29, 0.717) is 19.5 Å². The number of pyridine rings is 1. The summed E-state index contributed by atoms with van der Waals surface area (Å²) in [7, 11) is 0. The van der Waals surface area contributed by atoms with Crippen LogP contribution in [0.5, 0.6) is 5.75 Å². The van der Waals surface area contributed by atoms with Crippen molar-refractivity contribution in [2.24, 2.45) is 5.92 Å². The Balaban J connectivity index is 1.54. The largest absolute Gasteiger partial charge is 0.490 e. The van der Waals surface area contributed by atoms with E-state index in [2.05, 4.69) is 27.8 Å².